The Balaban J connectivity index is 2.62. The van der Waals surface area contributed by atoms with Crippen molar-refractivity contribution in [2.75, 3.05) is 6.54 Å². The Morgan fingerprint density at radius 1 is 1.50 bits per heavy atom. The molecule has 1 rings (SSSR count). The molecule has 0 radical (unpaired) electrons. The van der Waals surface area contributed by atoms with Gasteiger partial charge in [0, 0.05) is 0 Å². The van der Waals surface area contributed by atoms with E-state index in [4.69, 9.17) is 12.2 Å². The van der Waals surface area contributed by atoms with Crippen LogP contribution in [0.3, 0.4) is 0 Å². The largest absolute Gasteiger partial charge is 0.344 e. The predicted octanol–water partition coefficient (Wildman–Crippen LogP) is 0.436. The Kier molecular flexibility index (Phi) is 3.71. The highest BCUT2D eigenvalue weighted by Crippen LogP contribution is 2.08. The van der Waals surface area contributed by atoms with Crippen molar-refractivity contribution in [3.05, 3.63) is 35.9 Å². The zero-order valence-electron chi connectivity index (χ0n) is 7.73. The smallest absolute Gasteiger partial charge is 0.242 e. The summed E-state index contributed by atoms with van der Waals surface area (Å²) < 4.78 is 0. The molecule has 0 aliphatic carbocycles. The van der Waals surface area contributed by atoms with Crippen LogP contribution in [0.15, 0.2) is 30.3 Å². The standard InChI is InChI=1S/C11H12N2O/c1-2-8-13-11(14)10(12)9-6-4-3-5-7-9/h1,3-7,10H,8,12H2,(H,13,14). The number of nitrogens with two attached hydrogens (primary N) is 1. The third-order valence-corrected chi connectivity index (χ3v) is 1.81. The van der Waals surface area contributed by atoms with E-state index >= 15 is 0 Å². The molecule has 0 fully saturated rings. The van der Waals surface area contributed by atoms with E-state index in [-0.39, 0.29) is 12.5 Å². The lowest BCUT2D eigenvalue weighted by Gasteiger charge is -2.10. The first-order valence-corrected chi connectivity index (χ1v) is 4.27. The lowest BCUT2D eigenvalue weighted by molar-refractivity contribution is -0.122. The SMILES string of the molecule is C#CCNC(=O)C(N)c1ccccc1. The summed E-state index contributed by atoms with van der Waals surface area (Å²) in [6, 6.07) is 8.51. The molecule has 14 heavy (non-hydrogen) atoms. The van der Waals surface area contributed by atoms with E-state index in [0.29, 0.717) is 0 Å². The van der Waals surface area contributed by atoms with Crippen LogP contribution in [0.25, 0.3) is 0 Å². The summed E-state index contributed by atoms with van der Waals surface area (Å²) in [7, 11) is 0. The number of rotatable bonds is 3. The van der Waals surface area contributed by atoms with E-state index in [2.05, 4.69) is 11.2 Å². The van der Waals surface area contributed by atoms with Crippen molar-refractivity contribution in [1.82, 2.24) is 5.32 Å². The highest BCUT2D eigenvalue weighted by molar-refractivity contribution is 5.83. The summed E-state index contributed by atoms with van der Waals surface area (Å²) in [5, 5.41) is 2.53. The van der Waals surface area contributed by atoms with E-state index in [1.54, 1.807) is 12.1 Å². The minimum atomic E-state index is -0.649. The predicted molar refractivity (Wildman–Crippen MR) is 55.2 cm³/mol. The van der Waals surface area contributed by atoms with Gasteiger partial charge in [0.25, 0.3) is 0 Å². The third-order valence-electron chi connectivity index (χ3n) is 1.81. The topological polar surface area (TPSA) is 55.1 Å². The number of hydrogen-bond donors (Lipinski definition) is 2. The van der Waals surface area contributed by atoms with Crippen molar-refractivity contribution in [3.63, 3.8) is 0 Å². The minimum Gasteiger partial charge on any atom is -0.344 e. The minimum absolute atomic E-state index is 0.208. The van der Waals surface area contributed by atoms with E-state index in [9.17, 15) is 4.79 Å². The molecule has 0 aromatic heterocycles. The van der Waals surface area contributed by atoms with E-state index < -0.39 is 6.04 Å². The summed E-state index contributed by atoms with van der Waals surface area (Å²) in [5.41, 5.74) is 6.48. The summed E-state index contributed by atoms with van der Waals surface area (Å²) in [4.78, 5) is 11.4. The summed E-state index contributed by atoms with van der Waals surface area (Å²) in [6.07, 6.45) is 5.01. The zero-order chi connectivity index (χ0) is 10.4. The van der Waals surface area contributed by atoms with Crippen molar-refractivity contribution in [2.24, 2.45) is 5.73 Å². The molecule has 1 unspecified atom stereocenters. The molecule has 0 saturated carbocycles. The quantitative estimate of drug-likeness (QED) is 0.676. The first-order chi connectivity index (χ1) is 6.75. The fourth-order valence-corrected chi connectivity index (χ4v) is 1.06. The molecule has 1 aromatic rings. The summed E-state index contributed by atoms with van der Waals surface area (Å²) in [6.45, 7) is 0.208. The van der Waals surface area contributed by atoms with Crippen LogP contribution in [0.1, 0.15) is 11.6 Å². The van der Waals surface area contributed by atoms with Crippen molar-refractivity contribution in [1.29, 1.82) is 0 Å². The molecule has 0 aliphatic heterocycles. The van der Waals surface area contributed by atoms with Crippen LogP contribution in [0.5, 0.6) is 0 Å². The van der Waals surface area contributed by atoms with E-state index in [0.717, 1.165) is 5.56 Å². The molecule has 3 N–H and O–H groups in total. The Hall–Kier alpha value is -1.79. The van der Waals surface area contributed by atoms with Crippen LogP contribution in [-0.4, -0.2) is 12.5 Å². The fourth-order valence-electron chi connectivity index (χ4n) is 1.06. The second-order valence-corrected chi connectivity index (χ2v) is 2.81. The van der Waals surface area contributed by atoms with Crippen LogP contribution >= 0.6 is 0 Å². The maximum Gasteiger partial charge on any atom is 0.242 e. The van der Waals surface area contributed by atoms with Gasteiger partial charge in [-0.2, -0.15) is 0 Å². The molecule has 1 atom stereocenters. The molecule has 3 nitrogen and oxygen atoms in total. The number of terminal acetylenes is 1. The van der Waals surface area contributed by atoms with Crippen LogP contribution in [0.2, 0.25) is 0 Å². The van der Waals surface area contributed by atoms with Gasteiger partial charge in [-0.25, -0.2) is 0 Å². The molecular formula is C11H12N2O. The zero-order valence-corrected chi connectivity index (χ0v) is 7.73. The Morgan fingerprint density at radius 2 is 2.14 bits per heavy atom. The molecule has 0 bridgehead atoms. The van der Waals surface area contributed by atoms with Crippen molar-refractivity contribution in [2.45, 2.75) is 6.04 Å². The first kappa shape index (κ1) is 10.3. The number of benzene rings is 1. The number of nitrogens with one attached hydrogen (secondary N) is 1. The third kappa shape index (κ3) is 2.61. The van der Waals surface area contributed by atoms with Crippen LogP contribution in [0.4, 0.5) is 0 Å². The first-order valence-electron chi connectivity index (χ1n) is 4.27. The molecule has 0 aliphatic rings. The monoisotopic (exact) mass is 188 g/mol. The summed E-state index contributed by atoms with van der Waals surface area (Å²) >= 11 is 0. The van der Waals surface area contributed by atoms with Gasteiger partial charge in [0.05, 0.1) is 6.54 Å². The highest BCUT2D eigenvalue weighted by Gasteiger charge is 2.13. The van der Waals surface area contributed by atoms with Gasteiger partial charge in [0.15, 0.2) is 0 Å². The maximum atomic E-state index is 11.4. The van der Waals surface area contributed by atoms with E-state index in [1.807, 2.05) is 18.2 Å². The van der Waals surface area contributed by atoms with Gasteiger partial charge in [-0.3, -0.25) is 4.79 Å². The molecule has 1 amide bonds. The van der Waals surface area contributed by atoms with Gasteiger partial charge in [0.1, 0.15) is 6.04 Å². The van der Waals surface area contributed by atoms with Gasteiger partial charge < -0.3 is 11.1 Å². The Labute approximate surface area is 83.3 Å². The average Bonchev–Trinajstić information content (AvgIpc) is 2.26. The number of carbonyl (C=O) groups excluding carboxylic acids is 1. The second kappa shape index (κ2) is 5.05. The van der Waals surface area contributed by atoms with Gasteiger partial charge in [-0.1, -0.05) is 36.3 Å². The lowest BCUT2D eigenvalue weighted by atomic mass is 10.1. The molecule has 1 aromatic carbocycles. The van der Waals surface area contributed by atoms with Crippen molar-refractivity contribution in [3.8, 4) is 12.3 Å². The van der Waals surface area contributed by atoms with Crippen LogP contribution < -0.4 is 11.1 Å². The molecule has 0 spiro atoms. The van der Waals surface area contributed by atoms with Gasteiger partial charge >= 0.3 is 0 Å². The Morgan fingerprint density at radius 3 is 2.71 bits per heavy atom. The number of carbonyl (C=O) groups is 1. The summed E-state index contributed by atoms with van der Waals surface area (Å²) in [5.74, 6) is 2.06. The van der Waals surface area contributed by atoms with Crippen LogP contribution in [-0.2, 0) is 4.79 Å². The second-order valence-electron chi connectivity index (χ2n) is 2.81. The normalized spacial score (nSPS) is 11.4. The average molecular weight is 188 g/mol. The molecular weight excluding hydrogens is 176 g/mol. The van der Waals surface area contributed by atoms with Gasteiger partial charge in [-0.05, 0) is 5.56 Å². The maximum absolute atomic E-state index is 11.4. The Bertz CT molecular complexity index is 340. The molecule has 0 saturated heterocycles. The van der Waals surface area contributed by atoms with Crippen molar-refractivity contribution >= 4 is 5.91 Å². The highest BCUT2D eigenvalue weighted by atomic mass is 16.2. The van der Waals surface area contributed by atoms with Gasteiger partial charge in [0.2, 0.25) is 5.91 Å². The van der Waals surface area contributed by atoms with E-state index in [1.165, 1.54) is 0 Å². The molecule has 0 heterocycles. The molecule has 3 heteroatoms. The number of amides is 1. The number of hydrogen-bond acceptors (Lipinski definition) is 2. The van der Waals surface area contributed by atoms with Crippen LogP contribution in [0, 0.1) is 12.3 Å². The van der Waals surface area contributed by atoms with Gasteiger partial charge in [-0.15, -0.1) is 6.42 Å². The molecule has 72 valence electrons. The van der Waals surface area contributed by atoms with Crippen molar-refractivity contribution < 1.29 is 4.79 Å². The lowest BCUT2D eigenvalue weighted by Crippen LogP contribution is -2.34. The fraction of sp³-hybridized carbons (Fsp3) is 0.182.